The first-order valence-electron chi connectivity index (χ1n) is 7.37. The lowest BCUT2D eigenvalue weighted by Gasteiger charge is -2.23. The Morgan fingerprint density at radius 1 is 1.32 bits per heavy atom. The summed E-state index contributed by atoms with van der Waals surface area (Å²) in [7, 11) is 0. The van der Waals surface area contributed by atoms with Crippen molar-refractivity contribution in [3.8, 4) is 0 Å². The van der Waals surface area contributed by atoms with E-state index in [2.05, 4.69) is 13.8 Å². The predicted molar refractivity (Wildman–Crippen MR) is 80.2 cm³/mol. The van der Waals surface area contributed by atoms with Crippen LogP contribution < -0.4 is 10.6 Å². The maximum Gasteiger partial charge on any atom is 0.230 e. The summed E-state index contributed by atoms with van der Waals surface area (Å²) in [6.45, 7) is 5.07. The SMILES string of the molecule is CCCC(CCC)C(=O)N1CCc2c(N)cccc21. The van der Waals surface area contributed by atoms with Crippen LogP contribution in [-0.2, 0) is 11.2 Å². The highest BCUT2D eigenvalue weighted by Gasteiger charge is 2.29. The molecule has 3 nitrogen and oxygen atoms in total. The van der Waals surface area contributed by atoms with Crippen molar-refractivity contribution >= 4 is 17.3 Å². The minimum Gasteiger partial charge on any atom is -0.398 e. The topological polar surface area (TPSA) is 46.3 Å². The third-order valence-corrected chi connectivity index (χ3v) is 3.95. The fourth-order valence-electron chi connectivity index (χ4n) is 3.00. The van der Waals surface area contributed by atoms with E-state index in [4.69, 9.17) is 5.73 Å². The third kappa shape index (κ3) is 2.75. The zero-order valence-electron chi connectivity index (χ0n) is 12.0. The lowest BCUT2D eigenvalue weighted by atomic mass is 9.96. The number of fused-ring (bicyclic) bond motifs is 1. The van der Waals surface area contributed by atoms with Crippen molar-refractivity contribution in [2.45, 2.75) is 46.0 Å². The van der Waals surface area contributed by atoms with E-state index < -0.39 is 0 Å². The molecule has 0 bridgehead atoms. The van der Waals surface area contributed by atoms with E-state index in [1.165, 1.54) is 0 Å². The summed E-state index contributed by atoms with van der Waals surface area (Å²) in [6.07, 6.45) is 4.99. The molecule has 2 N–H and O–H groups in total. The van der Waals surface area contributed by atoms with Crippen molar-refractivity contribution in [1.82, 2.24) is 0 Å². The average molecular weight is 260 g/mol. The minimum atomic E-state index is 0.169. The number of hydrogen-bond donors (Lipinski definition) is 1. The largest absolute Gasteiger partial charge is 0.398 e. The highest BCUT2D eigenvalue weighted by atomic mass is 16.2. The Bertz CT molecular complexity index is 450. The van der Waals surface area contributed by atoms with Gasteiger partial charge >= 0.3 is 0 Å². The fourth-order valence-corrected chi connectivity index (χ4v) is 3.00. The van der Waals surface area contributed by atoms with Crippen molar-refractivity contribution in [2.75, 3.05) is 17.2 Å². The molecule has 2 rings (SSSR count). The molecule has 3 heteroatoms. The molecule has 0 saturated heterocycles. The predicted octanol–water partition coefficient (Wildman–Crippen LogP) is 3.37. The van der Waals surface area contributed by atoms with Gasteiger partial charge in [0.25, 0.3) is 0 Å². The molecule has 0 fully saturated rings. The summed E-state index contributed by atoms with van der Waals surface area (Å²) in [5, 5.41) is 0. The monoisotopic (exact) mass is 260 g/mol. The molecule has 1 amide bonds. The number of benzene rings is 1. The molecular formula is C16H24N2O. The van der Waals surface area contributed by atoms with Crippen LogP contribution in [0, 0.1) is 5.92 Å². The summed E-state index contributed by atoms with van der Waals surface area (Å²) in [6, 6.07) is 5.88. The normalized spacial score (nSPS) is 13.9. The molecule has 1 aliphatic rings. The Labute approximate surface area is 115 Å². The number of nitrogens with two attached hydrogens (primary N) is 1. The van der Waals surface area contributed by atoms with E-state index in [1.807, 2.05) is 23.1 Å². The maximum atomic E-state index is 12.7. The molecule has 0 saturated carbocycles. The second-order valence-electron chi connectivity index (χ2n) is 5.36. The summed E-state index contributed by atoms with van der Waals surface area (Å²) in [4.78, 5) is 14.6. The Morgan fingerprint density at radius 3 is 2.63 bits per heavy atom. The number of nitrogens with zero attached hydrogens (tertiary/aromatic N) is 1. The molecule has 104 valence electrons. The van der Waals surface area contributed by atoms with Crippen LogP contribution in [0.3, 0.4) is 0 Å². The lowest BCUT2D eigenvalue weighted by Crippen LogP contribution is -2.34. The van der Waals surface area contributed by atoms with Crippen molar-refractivity contribution in [3.05, 3.63) is 23.8 Å². The van der Waals surface area contributed by atoms with E-state index in [0.717, 1.165) is 55.6 Å². The van der Waals surface area contributed by atoms with Gasteiger partial charge in [-0.1, -0.05) is 32.8 Å². The Morgan fingerprint density at radius 2 is 2.00 bits per heavy atom. The van der Waals surface area contributed by atoms with Crippen LogP contribution in [0.25, 0.3) is 0 Å². The summed E-state index contributed by atoms with van der Waals surface area (Å²) in [5.41, 5.74) is 8.98. The molecule has 0 aromatic heterocycles. The fraction of sp³-hybridized carbons (Fsp3) is 0.562. The first kappa shape index (κ1) is 13.9. The average Bonchev–Trinajstić information content (AvgIpc) is 2.83. The van der Waals surface area contributed by atoms with Crippen molar-refractivity contribution in [3.63, 3.8) is 0 Å². The molecule has 1 heterocycles. The van der Waals surface area contributed by atoms with Gasteiger partial charge in [-0.25, -0.2) is 0 Å². The van der Waals surface area contributed by atoms with Crippen molar-refractivity contribution in [2.24, 2.45) is 5.92 Å². The Hall–Kier alpha value is -1.51. The molecule has 1 aromatic carbocycles. The number of hydrogen-bond acceptors (Lipinski definition) is 2. The van der Waals surface area contributed by atoms with Crippen LogP contribution in [0.4, 0.5) is 11.4 Å². The second-order valence-corrected chi connectivity index (χ2v) is 5.36. The van der Waals surface area contributed by atoms with Gasteiger partial charge in [0.2, 0.25) is 5.91 Å². The van der Waals surface area contributed by atoms with Gasteiger partial charge in [0.05, 0.1) is 0 Å². The van der Waals surface area contributed by atoms with Gasteiger partial charge in [-0.3, -0.25) is 4.79 Å². The van der Waals surface area contributed by atoms with E-state index in [-0.39, 0.29) is 11.8 Å². The molecular weight excluding hydrogens is 236 g/mol. The van der Waals surface area contributed by atoms with Gasteiger partial charge < -0.3 is 10.6 Å². The lowest BCUT2D eigenvalue weighted by molar-refractivity contribution is -0.122. The minimum absolute atomic E-state index is 0.169. The van der Waals surface area contributed by atoms with Crippen LogP contribution in [0.2, 0.25) is 0 Å². The van der Waals surface area contributed by atoms with Gasteiger partial charge in [0.1, 0.15) is 0 Å². The first-order chi connectivity index (χ1) is 9.19. The molecule has 1 aliphatic heterocycles. The molecule has 0 spiro atoms. The number of nitrogen functional groups attached to an aromatic ring is 1. The van der Waals surface area contributed by atoms with Crippen LogP contribution in [0.1, 0.15) is 45.1 Å². The van der Waals surface area contributed by atoms with E-state index in [9.17, 15) is 4.79 Å². The molecule has 19 heavy (non-hydrogen) atoms. The second kappa shape index (κ2) is 6.09. The van der Waals surface area contributed by atoms with Crippen molar-refractivity contribution < 1.29 is 4.79 Å². The van der Waals surface area contributed by atoms with Gasteiger partial charge in [-0.2, -0.15) is 0 Å². The molecule has 1 aromatic rings. The molecule has 0 aliphatic carbocycles. The zero-order valence-corrected chi connectivity index (χ0v) is 12.0. The highest BCUT2D eigenvalue weighted by Crippen LogP contribution is 2.34. The molecule has 0 atom stereocenters. The Kier molecular flexibility index (Phi) is 4.46. The number of anilines is 2. The summed E-state index contributed by atoms with van der Waals surface area (Å²) < 4.78 is 0. The van der Waals surface area contributed by atoms with Crippen molar-refractivity contribution in [1.29, 1.82) is 0 Å². The van der Waals surface area contributed by atoms with Crippen LogP contribution in [0.5, 0.6) is 0 Å². The maximum absolute atomic E-state index is 12.7. The number of rotatable bonds is 5. The van der Waals surface area contributed by atoms with Gasteiger partial charge in [-0.05, 0) is 31.4 Å². The quantitative estimate of drug-likeness (QED) is 0.825. The first-order valence-corrected chi connectivity index (χ1v) is 7.37. The highest BCUT2D eigenvalue weighted by molar-refractivity contribution is 5.97. The summed E-state index contributed by atoms with van der Waals surface area (Å²) in [5.74, 6) is 0.454. The standard InChI is InChI=1S/C16H24N2O/c1-3-6-12(7-4-2)16(19)18-11-10-13-14(17)8-5-9-15(13)18/h5,8-9,12H,3-4,6-7,10-11,17H2,1-2H3. The van der Waals surface area contributed by atoms with Gasteiger partial charge in [0, 0.05) is 29.4 Å². The van der Waals surface area contributed by atoms with Gasteiger partial charge in [0.15, 0.2) is 0 Å². The van der Waals surface area contributed by atoms with Crippen LogP contribution in [0.15, 0.2) is 18.2 Å². The third-order valence-electron chi connectivity index (χ3n) is 3.95. The number of amides is 1. The van der Waals surface area contributed by atoms with E-state index in [1.54, 1.807) is 0 Å². The number of carbonyl (C=O) groups excluding carboxylic acids is 1. The van der Waals surface area contributed by atoms with Crippen LogP contribution >= 0.6 is 0 Å². The smallest absolute Gasteiger partial charge is 0.230 e. The van der Waals surface area contributed by atoms with Gasteiger partial charge in [-0.15, -0.1) is 0 Å². The van der Waals surface area contributed by atoms with Crippen LogP contribution in [-0.4, -0.2) is 12.5 Å². The zero-order chi connectivity index (χ0) is 13.8. The van der Waals surface area contributed by atoms with E-state index in [0.29, 0.717) is 0 Å². The Balaban J connectivity index is 2.20. The van der Waals surface area contributed by atoms with E-state index >= 15 is 0 Å². The number of carbonyl (C=O) groups is 1. The molecule has 0 radical (unpaired) electrons. The molecule has 0 unspecified atom stereocenters. The summed E-state index contributed by atoms with van der Waals surface area (Å²) >= 11 is 0.